The minimum atomic E-state index is -1.17. The van der Waals surface area contributed by atoms with Gasteiger partial charge in [0.15, 0.2) is 0 Å². The summed E-state index contributed by atoms with van der Waals surface area (Å²) in [6.45, 7) is 1.26. The van der Waals surface area contributed by atoms with E-state index in [1.807, 2.05) is 0 Å². The average Bonchev–Trinajstić information content (AvgIpc) is 2.05. The van der Waals surface area contributed by atoms with Crippen molar-refractivity contribution in [2.45, 2.75) is 12.5 Å². The van der Waals surface area contributed by atoms with E-state index in [0.717, 1.165) is 0 Å². The lowest BCUT2D eigenvalue weighted by Gasteiger charge is -2.20. The Morgan fingerprint density at radius 3 is 2.25 bits per heavy atom. The Labute approximate surface area is 71.5 Å². The third-order valence-electron chi connectivity index (χ3n) is 1.84. The summed E-state index contributed by atoms with van der Waals surface area (Å²) < 4.78 is 0. The standard InChI is InChI=1S/C9H13NO2/c1-9(12,6-11)7-2-4-8(10)5-3-7/h2-5,11-12H,6,10H2,1H3. The molecular formula is C9H13NO2. The zero-order valence-corrected chi connectivity index (χ0v) is 6.99. The van der Waals surface area contributed by atoms with Crippen LogP contribution in [-0.4, -0.2) is 16.8 Å². The molecule has 1 rings (SSSR count). The second-order valence-corrected chi connectivity index (χ2v) is 3.05. The molecule has 3 heteroatoms. The van der Waals surface area contributed by atoms with Gasteiger partial charge in [0.05, 0.1) is 6.61 Å². The molecule has 0 aliphatic heterocycles. The molecule has 0 saturated heterocycles. The van der Waals surface area contributed by atoms with E-state index in [0.29, 0.717) is 11.3 Å². The highest BCUT2D eigenvalue weighted by atomic mass is 16.3. The zero-order valence-electron chi connectivity index (χ0n) is 6.99. The van der Waals surface area contributed by atoms with E-state index < -0.39 is 5.60 Å². The van der Waals surface area contributed by atoms with E-state index in [1.165, 1.54) is 0 Å². The number of hydrogen-bond acceptors (Lipinski definition) is 3. The van der Waals surface area contributed by atoms with E-state index >= 15 is 0 Å². The summed E-state index contributed by atoms with van der Waals surface area (Å²) in [6.07, 6.45) is 0. The van der Waals surface area contributed by atoms with Crippen molar-refractivity contribution in [2.24, 2.45) is 0 Å². The lowest BCUT2D eigenvalue weighted by molar-refractivity contribution is -0.00226. The normalized spacial score (nSPS) is 15.6. The number of nitrogen functional groups attached to an aromatic ring is 1. The maximum absolute atomic E-state index is 9.59. The van der Waals surface area contributed by atoms with Gasteiger partial charge in [0.2, 0.25) is 0 Å². The van der Waals surface area contributed by atoms with Gasteiger partial charge in [0, 0.05) is 5.69 Å². The minimum Gasteiger partial charge on any atom is -0.399 e. The van der Waals surface area contributed by atoms with E-state index in [2.05, 4.69) is 0 Å². The monoisotopic (exact) mass is 167 g/mol. The molecule has 1 aromatic carbocycles. The fraction of sp³-hybridized carbons (Fsp3) is 0.333. The number of aliphatic hydroxyl groups excluding tert-OH is 1. The third kappa shape index (κ3) is 1.75. The summed E-state index contributed by atoms with van der Waals surface area (Å²) in [5.74, 6) is 0. The van der Waals surface area contributed by atoms with Crippen LogP contribution in [0.2, 0.25) is 0 Å². The molecule has 12 heavy (non-hydrogen) atoms. The Morgan fingerprint density at radius 1 is 1.33 bits per heavy atom. The maximum Gasteiger partial charge on any atom is 0.110 e. The van der Waals surface area contributed by atoms with Crippen LogP contribution in [0.15, 0.2) is 24.3 Å². The molecule has 66 valence electrons. The Kier molecular flexibility index (Phi) is 2.35. The predicted molar refractivity (Wildman–Crippen MR) is 47.5 cm³/mol. The van der Waals surface area contributed by atoms with Gasteiger partial charge in [-0.1, -0.05) is 12.1 Å². The predicted octanol–water partition coefficient (Wildman–Crippen LogP) is 0.469. The molecule has 0 fully saturated rings. The van der Waals surface area contributed by atoms with Gasteiger partial charge in [-0.3, -0.25) is 0 Å². The highest BCUT2D eigenvalue weighted by Gasteiger charge is 2.20. The fourth-order valence-electron chi connectivity index (χ4n) is 0.933. The lowest BCUT2D eigenvalue weighted by atomic mass is 9.97. The van der Waals surface area contributed by atoms with Crippen molar-refractivity contribution in [3.63, 3.8) is 0 Å². The Bertz CT molecular complexity index is 254. The van der Waals surface area contributed by atoms with Crippen LogP contribution in [0.4, 0.5) is 5.69 Å². The van der Waals surface area contributed by atoms with Crippen molar-refractivity contribution < 1.29 is 10.2 Å². The second-order valence-electron chi connectivity index (χ2n) is 3.05. The first-order valence-electron chi connectivity index (χ1n) is 3.75. The van der Waals surface area contributed by atoms with E-state index in [4.69, 9.17) is 10.8 Å². The highest BCUT2D eigenvalue weighted by Crippen LogP contribution is 2.20. The molecule has 1 atom stereocenters. The molecule has 0 aliphatic carbocycles. The van der Waals surface area contributed by atoms with Crippen LogP contribution in [0, 0.1) is 0 Å². The van der Waals surface area contributed by atoms with Crippen LogP contribution < -0.4 is 5.73 Å². The Balaban J connectivity index is 2.96. The van der Waals surface area contributed by atoms with E-state index in [1.54, 1.807) is 31.2 Å². The van der Waals surface area contributed by atoms with Gasteiger partial charge >= 0.3 is 0 Å². The van der Waals surface area contributed by atoms with Gasteiger partial charge in [-0.2, -0.15) is 0 Å². The molecular weight excluding hydrogens is 154 g/mol. The minimum absolute atomic E-state index is 0.295. The number of nitrogens with two attached hydrogens (primary N) is 1. The van der Waals surface area contributed by atoms with Gasteiger partial charge in [0.25, 0.3) is 0 Å². The van der Waals surface area contributed by atoms with Crippen molar-refractivity contribution >= 4 is 5.69 Å². The molecule has 1 aromatic rings. The van der Waals surface area contributed by atoms with E-state index in [9.17, 15) is 5.11 Å². The van der Waals surface area contributed by atoms with Crippen LogP contribution in [-0.2, 0) is 5.60 Å². The molecule has 0 heterocycles. The summed E-state index contributed by atoms with van der Waals surface area (Å²) in [4.78, 5) is 0. The Morgan fingerprint density at radius 2 is 1.83 bits per heavy atom. The van der Waals surface area contributed by atoms with Gasteiger partial charge in [0.1, 0.15) is 5.60 Å². The summed E-state index contributed by atoms with van der Waals surface area (Å²) in [5, 5.41) is 18.4. The fourth-order valence-corrected chi connectivity index (χ4v) is 0.933. The molecule has 0 saturated carbocycles. The molecule has 0 bridgehead atoms. The smallest absolute Gasteiger partial charge is 0.110 e. The van der Waals surface area contributed by atoms with Crippen molar-refractivity contribution in [3.05, 3.63) is 29.8 Å². The lowest BCUT2D eigenvalue weighted by Crippen LogP contribution is -2.25. The molecule has 1 unspecified atom stereocenters. The molecule has 0 amide bonds. The summed E-state index contributed by atoms with van der Waals surface area (Å²) in [7, 11) is 0. The molecule has 0 radical (unpaired) electrons. The summed E-state index contributed by atoms with van der Waals surface area (Å²) in [6, 6.07) is 6.79. The molecule has 0 aromatic heterocycles. The van der Waals surface area contributed by atoms with Gasteiger partial charge in [-0.05, 0) is 24.6 Å². The van der Waals surface area contributed by atoms with E-state index in [-0.39, 0.29) is 6.61 Å². The first-order chi connectivity index (χ1) is 5.56. The van der Waals surface area contributed by atoms with Gasteiger partial charge in [-0.15, -0.1) is 0 Å². The largest absolute Gasteiger partial charge is 0.399 e. The Hall–Kier alpha value is -1.06. The summed E-state index contributed by atoms with van der Waals surface area (Å²) >= 11 is 0. The molecule has 0 aliphatic rings. The molecule has 4 N–H and O–H groups in total. The van der Waals surface area contributed by atoms with Gasteiger partial charge < -0.3 is 15.9 Å². The van der Waals surface area contributed by atoms with Crippen molar-refractivity contribution in [3.8, 4) is 0 Å². The number of rotatable bonds is 2. The average molecular weight is 167 g/mol. The number of benzene rings is 1. The third-order valence-corrected chi connectivity index (χ3v) is 1.84. The van der Waals surface area contributed by atoms with Crippen LogP contribution in [0.25, 0.3) is 0 Å². The second kappa shape index (κ2) is 3.13. The van der Waals surface area contributed by atoms with Crippen LogP contribution in [0.3, 0.4) is 0 Å². The quantitative estimate of drug-likeness (QED) is 0.561. The maximum atomic E-state index is 9.59. The van der Waals surface area contributed by atoms with Crippen LogP contribution in [0.5, 0.6) is 0 Å². The van der Waals surface area contributed by atoms with Crippen molar-refractivity contribution in [2.75, 3.05) is 12.3 Å². The summed E-state index contributed by atoms with van der Waals surface area (Å²) in [5.41, 5.74) is 5.61. The molecule has 0 spiro atoms. The topological polar surface area (TPSA) is 66.5 Å². The van der Waals surface area contributed by atoms with Gasteiger partial charge in [-0.25, -0.2) is 0 Å². The molecule has 3 nitrogen and oxygen atoms in total. The SMILES string of the molecule is CC(O)(CO)c1ccc(N)cc1. The first kappa shape index (κ1) is 9.03. The van der Waals surface area contributed by atoms with Crippen LogP contribution in [0.1, 0.15) is 12.5 Å². The number of aliphatic hydroxyl groups is 2. The first-order valence-corrected chi connectivity index (χ1v) is 3.75. The highest BCUT2D eigenvalue weighted by molar-refractivity contribution is 5.40. The van der Waals surface area contributed by atoms with Crippen molar-refractivity contribution in [1.82, 2.24) is 0 Å². The number of anilines is 1. The van der Waals surface area contributed by atoms with Crippen LogP contribution >= 0.6 is 0 Å². The zero-order chi connectivity index (χ0) is 9.19. The number of hydrogen-bond donors (Lipinski definition) is 3. The van der Waals surface area contributed by atoms with Crippen molar-refractivity contribution in [1.29, 1.82) is 0 Å².